The molecule has 2 aliphatic heterocycles. The van der Waals surface area contributed by atoms with Gasteiger partial charge < -0.3 is 9.64 Å². The molecular weight excluding hydrogens is 407 g/mol. The van der Waals surface area contributed by atoms with Crippen molar-refractivity contribution in [3.8, 4) is 0 Å². The summed E-state index contributed by atoms with van der Waals surface area (Å²) in [5, 5.41) is 12.8. The Morgan fingerprint density at radius 1 is 1.03 bits per heavy atom. The third-order valence-electron chi connectivity index (χ3n) is 6.47. The summed E-state index contributed by atoms with van der Waals surface area (Å²) >= 11 is 0. The van der Waals surface area contributed by atoms with Gasteiger partial charge in [-0.3, -0.25) is 4.90 Å². The zero-order valence-corrected chi connectivity index (χ0v) is 18.4. The summed E-state index contributed by atoms with van der Waals surface area (Å²) in [5.41, 5.74) is 3.47. The molecule has 8 heteroatoms. The van der Waals surface area contributed by atoms with Crippen LogP contribution < -0.4 is 4.90 Å². The van der Waals surface area contributed by atoms with Crippen LogP contribution in [0.2, 0.25) is 0 Å². The van der Waals surface area contributed by atoms with E-state index in [4.69, 9.17) is 4.74 Å². The lowest BCUT2D eigenvalue weighted by molar-refractivity contribution is 0.0906. The predicted octanol–water partition coefficient (Wildman–Crippen LogP) is 3.21. The van der Waals surface area contributed by atoms with Gasteiger partial charge in [-0.25, -0.2) is 9.07 Å². The Morgan fingerprint density at radius 3 is 2.47 bits per heavy atom. The number of halogens is 1. The molecule has 2 aromatic carbocycles. The van der Waals surface area contributed by atoms with E-state index < -0.39 is 0 Å². The fourth-order valence-electron chi connectivity index (χ4n) is 4.68. The minimum Gasteiger partial charge on any atom is -0.376 e. The first-order valence-electron chi connectivity index (χ1n) is 11.4. The summed E-state index contributed by atoms with van der Waals surface area (Å²) in [4.78, 5) is 4.75. The minimum atomic E-state index is -0.204. The normalized spacial score (nSPS) is 20.6. The smallest absolute Gasteiger partial charge is 0.173 e. The van der Waals surface area contributed by atoms with Crippen molar-refractivity contribution in [3.05, 3.63) is 71.3 Å². The van der Waals surface area contributed by atoms with Gasteiger partial charge in [-0.05, 0) is 60.0 Å². The van der Waals surface area contributed by atoms with Gasteiger partial charge in [-0.2, -0.15) is 0 Å². The Labute approximate surface area is 187 Å². The monoisotopic (exact) mass is 436 g/mol. The average molecular weight is 437 g/mol. The van der Waals surface area contributed by atoms with Crippen LogP contribution in [0.4, 0.5) is 10.1 Å². The highest BCUT2D eigenvalue weighted by Gasteiger charge is 2.31. The first-order valence-corrected chi connectivity index (χ1v) is 11.4. The fraction of sp³-hybridized carbons (Fsp3) is 0.458. The van der Waals surface area contributed by atoms with E-state index in [1.54, 1.807) is 0 Å². The Morgan fingerprint density at radius 2 is 1.78 bits per heavy atom. The number of rotatable bonds is 6. The summed E-state index contributed by atoms with van der Waals surface area (Å²) in [6.07, 6.45) is 2.31. The molecule has 1 aromatic heterocycles. The number of piperazine rings is 1. The molecule has 2 unspecified atom stereocenters. The van der Waals surface area contributed by atoms with Crippen molar-refractivity contribution < 1.29 is 9.13 Å². The van der Waals surface area contributed by atoms with Gasteiger partial charge in [-0.1, -0.05) is 29.8 Å². The van der Waals surface area contributed by atoms with Gasteiger partial charge in [0.2, 0.25) is 0 Å². The Balaban J connectivity index is 1.38. The van der Waals surface area contributed by atoms with Gasteiger partial charge in [-0.15, -0.1) is 5.10 Å². The molecule has 0 bridgehead atoms. The molecule has 2 fully saturated rings. The van der Waals surface area contributed by atoms with E-state index in [1.165, 1.54) is 23.3 Å². The van der Waals surface area contributed by atoms with E-state index in [9.17, 15) is 4.39 Å². The van der Waals surface area contributed by atoms with Crippen molar-refractivity contribution in [1.82, 2.24) is 25.1 Å². The van der Waals surface area contributed by atoms with Crippen LogP contribution >= 0.6 is 0 Å². The summed E-state index contributed by atoms with van der Waals surface area (Å²) in [6.45, 7) is 7.05. The summed E-state index contributed by atoms with van der Waals surface area (Å²) < 4.78 is 21.1. The molecule has 0 saturated carbocycles. The van der Waals surface area contributed by atoms with E-state index in [-0.39, 0.29) is 18.0 Å². The molecule has 2 saturated heterocycles. The second-order valence-electron chi connectivity index (χ2n) is 8.67. The molecule has 2 atom stereocenters. The van der Waals surface area contributed by atoms with Crippen molar-refractivity contribution in [2.24, 2.45) is 0 Å². The average Bonchev–Trinajstić information content (AvgIpc) is 3.49. The van der Waals surface area contributed by atoms with Gasteiger partial charge in [0.15, 0.2) is 5.82 Å². The third kappa shape index (κ3) is 4.52. The van der Waals surface area contributed by atoms with E-state index >= 15 is 0 Å². The first-order chi connectivity index (χ1) is 15.7. The van der Waals surface area contributed by atoms with E-state index in [1.807, 2.05) is 16.8 Å². The second kappa shape index (κ2) is 9.34. The number of benzene rings is 2. The molecule has 7 nitrogen and oxygen atoms in total. The standard InChI is InChI=1S/C24H29FN6O/c1-18-4-6-19(7-5-18)23(24-26-27-28-31(24)17-22-3-2-16-32-22)30-14-12-29(13-15-30)21-10-8-20(25)9-11-21/h4-11,22-23H,2-3,12-17H2,1H3. The molecule has 0 aliphatic carbocycles. The fourth-order valence-corrected chi connectivity index (χ4v) is 4.68. The molecule has 0 N–H and O–H groups in total. The molecule has 0 amide bonds. The minimum absolute atomic E-state index is 0.0256. The molecule has 3 aromatic rings. The van der Waals surface area contributed by atoms with Gasteiger partial charge in [0.05, 0.1) is 18.7 Å². The Bertz CT molecular complexity index is 1010. The molecule has 168 valence electrons. The maximum absolute atomic E-state index is 13.3. The summed E-state index contributed by atoms with van der Waals surface area (Å²) in [5.74, 6) is 0.657. The number of hydrogen-bond donors (Lipinski definition) is 0. The van der Waals surface area contributed by atoms with Crippen LogP contribution in [-0.2, 0) is 11.3 Å². The van der Waals surface area contributed by atoms with E-state index in [0.717, 1.165) is 57.1 Å². The maximum atomic E-state index is 13.3. The molecule has 3 heterocycles. The molecule has 5 rings (SSSR count). The number of anilines is 1. The predicted molar refractivity (Wildman–Crippen MR) is 120 cm³/mol. The number of nitrogens with zero attached hydrogens (tertiary/aromatic N) is 6. The van der Waals surface area contributed by atoms with Crippen LogP contribution in [-0.4, -0.2) is 64.0 Å². The third-order valence-corrected chi connectivity index (χ3v) is 6.47. The summed E-state index contributed by atoms with van der Waals surface area (Å²) in [6, 6.07) is 15.4. The number of aromatic nitrogens is 4. The van der Waals surface area contributed by atoms with Crippen LogP contribution in [0.3, 0.4) is 0 Å². The van der Waals surface area contributed by atoms with Gasteiger partial charge in [0.1, 0.15) is 5.82 Å². The largest absolute Gasteiger partial charge is 0.376 e. The molecule has 32 heavy (non-hydrogen) atoms. The van der Waals surface area contributed by atoms with Crippen molar-refractivity contribution in [1.29, 1.82) is 0 Å². The van der Waals surface area contributed by atoms with Crippen molar-refractivity contribution >= 4 is 5.69 Å². The van der Waals surface area contributed by atoms with Gasteiger partial charge in [0.25, 0.3) is 0 Å². The lowest BCUT2D eigenvalue weighted by atomic mass is 10.0. The van der Waals surface area contributed by atoms with Crippen LogP contribution in [0.25, 0.3) is 0 Å². The van der Waals surface area contributed by atoms with Crippen molar-refractivity contribution in [2.45, 2.75) is 38.5 Å². The van der Waals surface area contributed by atoms with Crippen LogP contribution in [0.5, 0.6) is 0 Å². The van der Waals surface area contributed by atoms with Crippen LogP contribution in [0, 0.1) is 12.7 Å². The molecular formula is C24H29FN6O. The number of hydrogen-bond acceptors (Lipinski definition) is 6. The van der Waals surface area contributed by atoms with Gasteiger partial charge >= 0.3 is 0 Å². The lowest BCUT2D eigenvalue weighted by Gasteiger charge is -2.40. The number of ether oxygens (including phenoxy) is 1. The highest BCUT2D eigenvalue weighted by atomic mass is 19.1. The highest BCUT2D eigenvalue weighted by Crippen LogP contribution is 2.30. The number of aryl methyl sites for hydroxylation is 1. The Kier molecular flexibility index (Phi) is 6.14. The molecule has 0 spiro atoms. The van der Waals surface area contributed by atoms with Crippen LogP contribution in [0.15, 0.2) is 48.5 Å². The topological polar surface area (TPSA) is 59.3 Å². The summed E-state index contributed by atoms with van der Waals surface area (Å²) in [7, 11) is 0. The van der Waals surface area contributed by atoms with Crippen molar-refractivity contribution in [2.75, 3.05) is 37.7 Å². The maximum Gasteiger partial charge on any atom is 0.173 e. The quantitative estimate of drug-likeness (QED) is 0.592. The number of tetrazole rings is 1. The molecule has 2 aliphatic rings. The highest BCUT2D eigenvalue weighted by molar-refractivity contribution is 5.46. The zero-order valence-electron chi connectivity index (χ0n) is 18.4. The molecule has 0 radical (unpaired) electrons. The SMILES string of the molecule is Cc1ccc(C(c2nnnn2CC2CCCO2)N2CCN(c3ccc(F)cc3)CC2)cc1. The van der Waals surface area contributed by atoms with Gasteiger partial charge in [0, 0.05) is 38.5 Å². The Hall–Kier alpha value is -2.84. The zero-order chi connectivity index (χ0) is 21.9. The van der Waals surface area contributed by atoms with Crippen molar-refractivity contribution in [3.63, 3.8) is 0 Å². The second-order valence-corrected chi connectivity index (χ2v) is 8.67. The van der Waals surface area contributed by atoms with Crippen LogP contribution in [0.1, 0.15) is 35.8 Å². The van der Waals surface area contributed by atoms with E-state index in [2.05, 4.69) is 56.5 Å². The lowest BCUT2D eigenvalue weighted by Crippen LogP contribution is -2.48. The first kappa shape index (κ1) is 21.0. The van der Waals surface area contributed by atoms with E-state index in [0.29, 0.717) is 6.54 Å².